The first-order valence-corrected chi connectivity index (χ1v) is 12.7. The van der Waals surface area contributed by atoms with E-state index in [0.717, 1.165) is 6.92 Å². The van der Waals surface area contributed by atoms with E-state index in [0.29, 0.717) is 0 Å². The highest BCUT2D eigenvalue weighted by Crippen LogP contribution is 2.47. The summed E-state index contributed by atoms with van der Waals surface area (Å²) >= 11 is 0. The number of aliphatic hydroxyl groups is 4. The molecule has 4 rings (SSSR count). The Bertz CT molecular complexity index is 1300. The van der Waals surface area contributed by atoms with E-state index >= 15 is 0 Å². The fourth-order valence-corrected chi connectivity index (χ4v) is 5.07. The molecule has 0 aromatic heterocycles. The molecule has 1 unspecified atom stereocenters. The largest absolute Gasteiger partial charge is 0.507 e. The molecule has 6 N–H and O–H groups in total. The first kappa shape index (κ1) is 29.4. The average Bonchev–Trinajstić information content (AvgIpc) is 2.89. The summed E-state index contributed by atoms with van der Waals surface area (Å²) in [6.45, 7) is 3.32. The van der Waals surface area contributed by atoms with Crippen molar-refractivity contribution in [2.75, 3.05) is 6.61 Å². The zero-order chi connectivity index (χ0) is 29.5. The second-order valence-electron chi connectivity index (χ2n) is 10.2. The fraction of sp³-hybridized carbons (Fsp3) is 0.464. The van der Waals surface area contributed by atoms with Gasteiger partial charge in [-0.3, -0.25) is 14.4 Å². The third-order valence-corrected chi connectivity index (χ3v) is 7.41. The minimum Gasteiger partial charge on any atom is -0.507 e. The number of hydrogen-bond acceptors (Lipinski definition) is 12. The van der Waals surface area contributed by atoms with Gasteiger partial charge in [-0.2, -0.15) is 0 Å². The Kier molecular flexibility index (Phi) is 8.47. The zero-order valence-electron chi connectivity index (χ0n) is 22.1. The van der Waals surface area contributed by atoms with Crippen molar-refractivity contribution >= 4 is 17.7 Å². The first-order chi connectivity index (χ1) is 18.8. The Labute approximate surface area is 229 Å². The Morgan fingerprint density at radius 1 is 0.950 bits per heavy atom. The monoisotopic (exact) mass is 560 g/mol. The molecule has 2 aromatic carbocycles. The van der Waals surface area contributed by atoms with Crippen LogP contribution in [-0.4, -0.2) is 91.6 Å². The molecule has 216 valence electrons. The van der Waals surface area contributed by atoms with E-state index < -0.39 is 78.5 Å². The predicted octanol–water partition coefficient (Wildman–Crippen LogP) is 0.247. The number of ketones is 1. The SMILES string of the molecule is CC(=O)OC[C@H]1O[C@@H](C2c3cccc(O)c3C(=O)c3c(O)cc(COC(=O)[C@H](C)[C@H](C)O)cc32)[C@H](O)[C@@H](O)[C@@H]1O. The van der Waals surface area contributed by atoms with E-state index in [1.165, 1.54) is 44.2 Å². The van der Waals surface area contributed by atoms with Gasteiger partial charge in [0, 0.05) is 12.8 Å². The van der Waals surface area contributed by atoms with Gasteiger partial charge in [-0.1, -0.05) is 18.2 Å². The fourth-order valence-electron chi connectivity index (χ4n) is 5.07. The normalized spacial score (nSPS) is 27.2. The summed E-state index contributed by atoms with van der Waals surface area (Å²) < 4.78 is 16.2. The van der Waals surface area contributed by atoms with Crippen LogP contribution in [0.25, 0.3) is 0 Å². The predicted molar refractivity (Wildman–Crippen MR) is 135 cm³/mol. The van der Waals surface area contributed by atoms with Gasteiger partial charge in [0.15, 0.2) is 0 Å². The average molecular weight is 561 g/mol. The van der Waals surface area contributed by atoms with Crippen LogP contribution >= 0.6 is 0 Å². The molecule has 1 heterocycles. The number of aromatic hydroxyl groups is 2. The standard InChI is InChI=1S/C28H32O12/c1-11(12(2)29)28(37)39-9-14-7-16-20(27-26(36)25(35)23(33)19(40-27)10-38-13(3)30)15-5-4-6-17(31)21(15)24(34)22(16)18(32)8-14/h4-8,11-12,19-20,23,25-27,29,31-33,35-36H,9-10H2,1-3H3/t11-,12+,19-,20?,23-,25+,26-,27+/m1/s1. The third kappa shape index (κ3) is 5.40. The Balaban J connectivity index is 1.80. The van der Waals surface area contributed by atoms with Gasteiger partial charge < -0.3 is 44.8 Å². The van der Waals surface area contributed by atoms with Gasteiger partial charge in [-0.05, 0) is 42.7 Å². The number of fused-ring (bicyclic) bond motifs is 2. The molecule has 0 saturated carbocycles. The van der Waals surface area contributed by atoms with Gasteiger partial charge in [0.05, 0.1) is 29.3 Å². The molecule has 0 spiro atoms. The van der Waals surface area contributed by atoms with Crippen molar-refractivity contribution in [2.24, 2.45) is 5.92 Å². The van der Waals surface area contributed by atoms with Crippen LogP contribution < -0.4 is 0 Å². The van der Waals surface area contributed by atoms with Gasteiger partial charge in [0.25, 0.3) is 0 Å². The van der Waals surface area contributed by atoms with Crippen LogP contribution in [0.15, 0.2) is 30.3 Å². The lowest BCUT2D eigenvalue weighted by atomic mass is 9.71. The van der Waals surface area contributed by atoms with Crippen molar-refractivity contribution in [3.63, 3.8) is 0 Å². The number of phenolic OH excluding ortho intramolecular Hbond substituents is 2. The lowest BCUT2D eigenvalue weighted by molar-refractivity contribution is -0.234. The van der Waals surface area contributed by atoms with E-state index in [1.54, 1.807) is 0 Å². The van der Waals surface area contributed by atoms with Crippen molar-refractivity contribution in [3.8, 4) is 11.5 Å². The van der Waals surface area contributed by atoms with Crippen LogP contribution in [0, 0.1) is 5.92 Å². The smallest absolute Gasteiger partial charge is 0.311 e. The van der Waals surface area contributed by atoms with Crippen molar-refractivity contribution in [3.05, 3.63) is 58.1 Å². The van der Waals surface area contributed by atoms with Crippen LogP contribution in [0.4, 0.5) is 0 Å². The summed E-state index contributed by atoms with van der Waals surface area (Å²) in [6.07, 6.45) is -8.62. The lowest BCUT2D eigenvalue weighted by Gasteiger charge is -2.45. The third-order valence-electron chi connectivity index (χ3n) is 7.41. The van der Waals surface area contributed by atoms with E-state index in [1.807, 2.05) is 0 Å². The molecule has 40 heavy (non-hydrogen) atoms. The summed E-state index contributed by atoms with van der Waals surface area (Å²) in [5.41, 5.74) is 0.294. The van der Waals surface area contributed by atoms with E-state index in [2.05, 4.69) is 0 Å². The molecular formula is C28H32O12. The Morgan fingerprint density at radius 3 is 2.27 bits per heavy atom. The summed E-state index contributed by atoms with van der Waals surface area (Å²) in [4.78, 5) is 37.1. The number of benzene rings is 2. The molecule has 8 atom stereocenters. The Hall–Kier alpha value is -3.55. The maximum atomic E-state index is 13.5. The second-order valence-corrected chi connectivity index (χ2v) is 10.2. The molecule has 2 aliphatic rings. The molecule has 1 aliphatic carbocycles. The molecule has 0 amide bonds. The van der Waals surface area contributed by atoms with Gasteiger partial charge in [0.2, 0.25) is 5.78 Å². The molecule has 12 heteroatoms. The Morgan fingerprint density at radius 2 is 1.62 bits per heavy atom. The van der Waals surface area contributed by atoms with Crippen molar-refractivity contribution < 1.29 is 59.2 Å². The van der Waals surface area contributed by atoms with Gasteiger partial charge >= 0.3 is 11.9 Å². The maximum absolute atomic E-state index is 13.5. The van der Waals surface area contributed by atoms with Crippen molar-refractivity contribution in [2.45, 2.75) is 69.9 Å². The number of ether oxygens (including phenoxy) is 3. The van der Waals surface area contributed by atoms with Crippen LogP contribution in [-0.2, 0) is 30.4 Å². The zero-order valence-corrected chi connectivity index (χ0v) is 22.1. The lowest BCUT2D eigenvalue weighted by Crippen LogP contribution is -2.60. The highest BCUT2D eigenvalue weighted by Gasteiger charge is 2.50. The quantitative estimate of drug-likeness (QED) is 0.253. The summed E-state index contributed by atoms with van der Waals surface area (Å²) in [5, 5.41) is 63.4. The number of esters is 2. The number of carbonyl (C=O) groups excluding carboxylic acids is 3. The summed E-state index contributed by atoms with van der Waals surface area (Å²) in [5.74, 6) is -4.82. The molecular weight excluding hydrogens is 528 g/mol. The van der Waals surface area contributed by atoms with Crippen LogP contribution in [0.2, 0.25) is 0 Å². The molecule has 1 saturated heterocycles. The number of aliphatic hydroxyl groups excluding tert-OH is 4. The topological polar surface area (TPSA) is 200 Å². The number of rotatable bonds is 7. The van der Waals surface area contributed by atoms with Gasteiger partial charge in [-0.15, -0.1) is 0 Å². The number of carbonyl (C=O) groups is 3. The number of hydrogen-bond donors (Lipinski definition) is 6. The van der Waals surface area contributed by atoms with Crippen LogP contribution in [0.3, 0.4) is 0 Å². The maximum Gasteiger partial charge on any atom is 0.311 e. The van der Waals surface area contributed by atoms with Gasteiger partial charge in [0.1, 0.15) is 49.1 Å². The highest BCUT2D eigenvalue weighted by atomic mass is 16.6. The number of phenols is 2. The molecule has 2 aromatic rings. The van der Waals surface area contributed by atoms with Crippen molar-refractivity contribution in [1.29, 1.82) is 0 Å². The van der Waals surface area contributed by atoms with Crippen molar-refractivity contribution in [1.82, 2.24) is 0 Å². The van der Waals surface area contributed by atoms with E-state index in [9.17, 15) is 45.0 Å². The molecule has 12 nitrogen and oxygen atoms in total. The molecule has 1 aliphatic heterocycles. The molecule has 0 radical (unpaired) electrons. The van der Waals surface area contributed by atoms with E-state index in [4.69, 9.17) is 14.2 Å². The summed E-state index contributed by atoms with van der Waals surface area (Å²) in [7, 11) is 0. The molecule has 0 bridgehead atoms. The van der Waals surface area contributed by atoms with Crippen LogP contribution in [0.5, 0.6) is 11.5 Å². The van der Waals surface area contributed by atoms with Gasteiger partial charge in [-0.25, -0.2) is 0 Å². The molecule has 1 fully saturated rings. The highest BCUT2D eigenvalue weighted by molar-refractivity contribution is 6.16. The minimum absolute atomic E-state index is 0.145. The minimum atomic E-state index is -1.74. The second kappa shape index (κ2) is 11.5. The van der Waals surface area contributed by atoms with E-state index in [-0.39, 0.29) is 40.2 Å². The first-order valence-electron chi connectivity index (χ1n) is 12.7. The summed E-state index contributed by atoms with van der Waals surface area (Å²) in [6, 6.07) is 6.97. The van der Waals surface area contributed by atoms with Crippen LogP contribution in [0.1, 0.15) is 59.3 Å².